The van der Waals surface area contributed by atoms with Crippen LogP contribution in [0.25, 0.3) is 0 Å². The standard InChI is InChI=1S/C26H31N3O6/c1-27-22(31)11-18(23(27)17-8-9-20(33-2)25(35-4)24(17)34-3)26(32)28-12-15-10-16(14-28)19-6-5-7-21(30)29(19)13-15/h5-9,15-16,18,23H,10-14H2,1-4H3/t15-,16+,18+,23-/m1/s1. The highest BCUT2D eigenvalue weighted by Gasteiger charge is 2.47. The van der Waals surface area contributed by atoms with Gasteiger partial charge in [0.25, 0.3) is 5.56 Å². The number of fused-ring (bicyclic) bond motifs is 4. The van der Waals surface area contributed by atoms with Crippen molar-refractivity contribution in [3.63, 3.8) is 0 Å². The molecule has 2 bridgehead atoms. The first kappa shape index (κ1) is 23.3. The van der Waals surface area contributed by atoms with E-state index in [1.165, 1.54) is 7.11 Å². The van der Waals surface area contributed by atoms with Crippen LogP contribution in [0.1, 0.15) is 36.1 Å². The molecule has 2 aromatic rings. The number of nitrogens with zero attached hydrogens (tertiary/aromatic N) is 3. The third-order valence-electron chi connectivity index (χ3n) is 7.75. The van der Waals surface area contributed by atoms with Crippen LogP contribution in [0.4, 0.5) is 0 Å². The van der Waals surface area contributed by atoms with E-state index in [9.17, 15) is 14.4 Å². The molecule has 0 saturated carbocycles. The van der Waals surface area contributed by atoms with Crippen LogP contribution >= 0.6 is 0 Å². The molecule has 3 aliphatic heterocycles. The van der Waals surface area contributed by atoms with Crippen LogP contribution in [0.3, 0.4) is 0 Å². The summed E-state index contributed by atoms with van der Waals surface area (Å²) in [6.45, 7) is 1.75. The number of rotatable bonds is 5. The molecular weight excluding hydrogens is 450 g/mol. The number of pyridine rings is 1. The fraction of sp³-hybridized carbons (Fsp3) is 0.500. The number of carbonyl (C=O) groups excluding carboxylic acids is 2. The predicted molar refractivity (Wildman–Crippen MR) is 128 cm³/mol. The number of likely N-dealkylation sites (tertiary alicyclic amines) is 2. The van der Waals surface area contributed by atoms with Crippen molar-refractivity contribution in [2.75, 3.05) is 41.5 Å². The predicted octanol–water partition coefficient (Wildman–Crippen LogP) is 2.04. The Labute approximate surface area is 204 Å². The molecule has 0 N–H and O–H groups in total. The van der Waals surface area contributed by atoms with E-state index in [-0.39, 0.29) is 35.6 Å². The maximum absolute atomic E-state index is 13.9. The zero-order chi connectivity index (χ0) is 24.9. The van der Waals surface area contributed by atoms with Gasteiger partial charge >= 0.3 is 0 Å². The van der Waals surface area contributed by atoms with Crippen LogP contribution in [0, 0.1) is 11.8 Å². The lowest BCUT2D eigenvalue weighted by molar-refractivity contribution is -0.139. The van der Waals surface area contributed by atoms with E-state index < -0.39 is 12.0 Å². The lowest BCUT2D eigenvalue weighted by atomic mass is 9.82. The molecule has 1 aromatic heterocycles. The number of ether oxygens (including phenoxy) is 3. The summed E-state index contributed by atoms with van der Waals surface area (Å²) in [6.07, 6.45) is 1.10. The Morgan fingerprint density at radius 3 is 2.43 bits per heavy atom. The van der Waals surface area contributed by atoms with Crippen molar-refractivity contribution in [1.82, 2.24) is 14.4 Å². The van der Waals surface area contributed by atoms with E-state index in [4.69, 9.17) is 14.2 Å². The summed E-state index contributed by atoms with van der Waals surface area (Å²) in [5.41, 5.74) is 1.72. The Kier molecular flexibility index (Phi) is 5.94. The minimum atomic E-state index is -0.545. The van der Waals surface area contributed by atoms with Gasteiger partial charge in [-0.1, -0.05) is 6.07 Å². The Balaban J connectivity index is 1.48. The molecule has 2 saturated heterocycles. The van der Waals surface area contributed by atoms with Gasteiger partial charge in [0, 0.05) is 56.3 Å². The average Bonchev–Trinajstić information content (AvgIpc) is 3.16. The molecule has 9 nitrogen and oxygen atoms in total. The van der Waals surface area contributed by atoms with Gasteiger partial charge in [0.15, 0.2) is 11.5 Å². The van der Waals surface area contributed by atoms with Gasteiger partial charge in [0.2, 0.25) is 17.6 Å². The highest BCUT2D eigenvalue weighted by molar-refractivity contribution is 5.90. The summed E-state index contributed by atoms with van der Waals surface area (Å²) < 4.78 is 18.5. The van der Waals surface area contributed by atoms with Crippen molar-refractivity contribution < 1.29 is 23.8 Å². The largest absolute Gasteiger partial charge is 0.493 e. The number of carbonyl (C=O) groups is 2. The molecule has 4 atom stereocenters. The van der Waals surface area contributed by atoms with Crippen LogP contribution in [-0.2, 0) is 16.1 Å². The van der Waals surface area contributed by atoms with Crippen molar-refractivity contribution in [2.45, 2.75) is 31.3 Å². The van der Waals surface area contributed by atoms with E-state index >= 15 is 0 Å². The molecule has 0 radical (unpaired) electrons. The maximum atomic E-state index is 13.9. The van der Waals surface area contributed by atoms with Crippen molar-refractivity contribution in [3.05, 3.63) is 51.9 Å². The highest BCUT2D eigenvalue weighted by atomic mass is 16.5. The monoisotopic (exact) mass is 481 g/mol. The zero-order valence-corrected chi connectivity index (χ0v) is 20.5. The summed E-state index contributed by atoms with van der Waals surface area (Å²) in [4.78, 5) is 42.7. The lowest BCUT2D eigenvalue weighted by Gasteiger charge is -2.44. The summed E-state index contributed by atoms with van der Waals surface area (Å²) in [6, 6.07) is 8.50. The van der Waals surface area contributed by atoms with E-state index in [1.54, 1.807) is 44.4 Å². The van der Waals surface area contributed by atoms with Gasteiger partial charge in [0.05, 0.1) is 33.3 Å². The molecule has 35 heavy (non-hydrogen) atoms. The first-order chi connectivity index (χ1) is 16.9. The number of hydrogen-bond donors (Lipinski definition) is 0. The van der Waals surface area contributed by atoms with Gasteiger partial charge in [-0.05, 0) is 30.5 Å². The molecular formula is C26H31N3O6. The van der Waals surface area contributed by atoms with Gasteiger partial charge in [0.1, 0.15) is 0 Å². The molecule has 5 rings (SSSR count). The third kappa shape index (κ3) is 3.73. The Morgan fingerprint density at radius 1 is 0.943 bits per heavy atom. The molecule has 0 unspecified atom stereocenters. The fourth-order valence-electron chi connectivity index (χ4n) is 6.18. The Morgan fingerprint density at radius 2 is 1.71 bits per heavy atom. The number of methoxy groups -OCH3 is 3. The van der Waals surface area contributed by atoms with Crippen LogP contribution in [0.5, 0.6) is 17.2 Å². The van der Waals surface area contributed by atoms with Gasteiger partial charge in [-0.3, -0.25) is 14.4 Å². The second kappa shape index (κ2) is 8.94. The lowest BCUT2D eigenvalue weighted by Crippen LogP contribution is -2.51. The summed E-state index contributed by atoms with van der Waals surface area (Å²) in [5, 5.41) is 0. The molecule has 0 aliphatic carbocycles. The molecule has 9 heteroatoms. The van der Waals surface area contributed by atoms with Gasteiger partial charge in [-0.2, -0.15) is 0 Å². The number of hydrogen-bond acceptors (Lipinski definition) is 6. The minimum absolute atomic E-state index is 0.0144. The number of piperidine rings is 1. The molecule has 4 heterocycles. The normalized spacial score (nSPS) is 25.3. The Bertz CT molecular complexity index is 1220. The first-order valence-corrected chi connectivity index (χ1v) is 11.9. The summed E-state index contributed by atoms with van der Waals surface area (Å²) >= 11 is 0. The number of amides is 2. The molecule has 2 amide bonds. The van der Waals surface area contributed by atoms with E-state index in [2.05, 4.69) is 0 Å². The van der Waals surface area contributed by atoms with Crippen LogP contribution in [0.2, 0.25) is 0 Å². The van der Waals surface area contributed by atoms with Crippen molar-refractivity contribution >= 4 is 11.8 Å². The van der Waals surface area contributed by atoms with E-state index in [1.807, 2.05) is 21.6 Å². The molecule has 186 valence electrons. The van der Waals surface area contributed by atoms with Crippen molar-refractivity contribution in [1.29, 1.82) is 0 Å². The quantitative estimate of drug-likeness (QED) is 0.649. The van der Waals surface area contributed by atoms with Gasteiger partial charge in [-0.15, -0.1) is 0 Å². The second-order valence-corrected chi connectivity index (χ2v) is 9.63. The SMILES string of the molecule is COc1ccc([C@@H]2[C@@H](C(=O)N3C[C@H]4C[C@@H](C3)c3cccc(=O)n3C4)CC(=O)N2C)c(OC)c1OC. The third-order valence-corrected chi connectivity index (χ3v) is 7.75. The van der Waals surface area contributed by atoms with E-state index in [0.29, 0.717) is 42.4 Å². The number of benzene rings is 1. The first-order valence-electron chi connectivity index (χ1n) is 11.9. The Hall–Kier alpha value is -3.49. The number of aromatic nitrogens is 1. The average molecular weight is 482 g/mol. The topological polar surface area (TPSA) is 90.3 Å². The van der Waals surface area contributed by atoms with Crippen LogP contribution in [0.15, 0.2) is 35.1 Å². The maximum Gasteiger partial charge on any atom is 0.250 e. The van der Waals surface area contributed by atoms with Gasteiger partial charge < -0.3 is 28.6 Å². The molecule has 3 aliphatic rings. The molecule has 0 spiro atoms. The summed E-state index contributed by atoms with van der Waals surface area (Å²) in [5.74, 6) is 1.07. The van der Waals surface area contributed by atoms with Crippen molar-refractivity contribution in [2.24, 2.45) is 11.8 Å². The molecule has 2 fully saturated rings. The van der Waals surface area contributed by atoms with Crippen LogP contribution < -0.4 is 19.8 Å². The highest BCUT2D eigenvalue weighted by Crippen LogP contribution is 2.48. The van der Waals surface area contributed by atoms with Gasteiger partial charge in [-0.25, -0.2) is 0 Å². The summed E-state index contributed by atoms with van der Waals surface area (Å²) in [7, 11) is 6.35. The smallest absolute Gasteiger partial charge is 0.250 e. The molecule has 1 aromatic carbocycles. The van der Waals surface area contributed by atoms with Crippen LogP contribution in [-0.4, -0.2) is 67.6 Å². The minimum Gasteiger partial charge on any atom is -0.493 e. The zero-order valence-electron chi connectivity index (χ0n) is 20.5. The fourth-order valence-corrected chi connectivity index (χ4v) is 6.18. The van der Waals surface area contributed by atoms with Crippen molar-refractivity contribution in [3.8, 4) is 17.2 Å². The van der Waals surface area contributed by atoms with E-state index in [0.717, 1.165) is 12.1 Å². The second-order valence-electron chi connectivity index (χ2n) is 9.63.